The minimum atomic E-state index is -2.83. The molecule has 1 aliphatic carbocycles. The molecule has 6 nitrogen and oxygen atoms in total. The molecule has 1 amide bonds. The Hall–Kier alpha value is -2.90. The molecular formula is C29H39NO5Si. The van der Waals surface area contributed by atoms with E-state index < -0.39 is 37.4 Å². The van der Waals surface area contributed by atoms with Gasteiger partial charge in [-0.05, 0) is 36.2 Å². The SMILES string of the molecule is COC(=O)[C@]1(NC(=O)OC(C)(C)C)CC=C[C@H]1CO[Si](c1ccccc1)(c1ccccc1)C(C)(C)C. The van der Waals surface area contributed by atoms with Gasteiger partial charge in [0.2, 0.25) is 0 Å². The summed E-state index contributed by atoms with van der Waals surface area (Å²) in [6.07, 6.45) is 3.47. The number of methoxy groups -OCH3 is 1. The van der Waals surface area contributed by atoms with Crippen LogP contribution >= 0.6 is 0 Å². The van der Waals surface area contributed by atoms with Crippen molar-refractivity contribution in [1.82, 2.24) is 5.32 Å². The van der Waals surface area contributed by atoms with E-state index in [4.69, 9.17) is 13.9 Å². The van der Waals surface area contributed by atoms with Gasteiger partial charge in [0.15, 0.2) is 5.54 Å². The zero-order chi connectivity index (χ0) is 26.6. The number of ether oxygens (including phenoxy) is 2. The highest BCUT2D eigenvalue weighted by atomic mass is 28.4. The van der Waals surface area contributed by atoms with E-state index in [0.717, 1.165) is 10.4 Å². The summed E-state index contributed by atoms with van der Waals surface area (Å²) in [5, 5.41) is 4.92. The highest BCUT2D eigenvalue weighted by Crippen LogP contribution is 2.39. The fourth-order valence-electron chi connectivity index (χ4n) is 5.01. The Bertz CT molecular complexity index is 1030. The monoisotopic (exact) mass is 509 g/mol. The standard InChI is InChI=1S/C29H39NO5Si/c1-27(2,3)35-26(32)30-29(25(31)33-7)20-14-15-22(29)21-34-36(28(4,5)6,23-16-10-8-11-17-23)24-18-12-9-13-19-24/h8-19,22H,20-21H2,1-7H3,(H,30,32)/t22-,29-/m0/s1. The van der Waals surface area contributed by atoms with E-state index in [1.165, 1.54) is 7.11 Å². The van der Waals surface area contributed by atoms with Crippen LogP contribution in [0.5, 0.6) is 0 Å². The third-order valence-electron chi connectivity index (χ3n) is 6.61. The largest absolute Gasteiger partial charge is 0.467 e. The number of rotatable bonds is 7. The second-order valence-corrected chi connectivity index (χ2v) is 15.6. The highest BCUT2D eigenvalue weighted by molar-refractivity contribution is 6.99. The van der Waals surface area contributed by atoms with Crippen LogP contribution in [-0.2, 0) is 18.7 Å². The number of benzene rings is 2. The van der Waals surface area contributed by atoms with E-state index in [2.05, 4.69) is 50.4 Å². The third kappa shape index (κ3) is 5.57. The third-order valence-corrected chi connectivity index (χ3v) is 11.6. The van der Waals surface area contributed by atoms with Crippen LogP contribution in [0.4, 0.5) is 4.79 Å². The molecule has 194 valence electrons. The molecule has 0 heterocycles. The van der Waals surface area contributed by atoms with Crippen molar-refractivity contribution in [2.75, 3.05) is 13.7 Å². The zero-order valence-electron chi connectivity index (χ0n) is 22.5. The Morgan fingerprint density at radius 1 is 0.944 bits per heavy atom. The lowest BCUT2D eigenvalue weighted by molar-refractivity contribution is -0.150. The maximum atomic E-state index is 13.1. The van der Waals surface area contributed by atoms with Gasteiger partial charge in [0.25, 0.3) is 8.32 Å². The summed E-state index contributed by atoms with van der Waals surface area (Å²) in [6, 6.07) is 20.7. The summed E-state index contributed by atoms with van der Waals surface area (Å²) in [5.74, 6) is -0.950. The van der Waals surface area contributed by atoms with E-state index in [1.807, 2.05) is 48.6 Å². The maximum absolute atomic E-state index is 13.1. The molecule has 0 unspecified atom stereocenters. The van der Waals surface area contributed by atoms with Crippen molar-refractivity contribution >= 4 is 30.8 Å². The predicted molar refractivity (Wildman–Crippen MR) is 145 cm³/mol. The summed E-state index contributed by atoms with van der Waals surface area (Å²) in [4.78, 5) is 25.9. The molecule has 0 aromatic heterocycles. The van der Waals surface area contributed by atoms with Crippen LogP contribution in [0.25, 0.3) is 0 Å². The number of nitrogens with one attached hydrogen (secondary N) is 1. The Kier molecular flexibility index (Phi) is 8.16. The molecule has 0 saturated heterocycles. The van der Waals surface area contributed by atoms with E-state index in [1.54, 1.807) is 20.8 Å². The van der Waals surface area contributed by atoms with Crippen molar-refractivity contribution in [1.29, 1.82) is 0 Å². The number of esters is 1. The van der Waals surface area contributed by atoms with E-state index in [-0.39, 0.29) is 11.6 Å². The Morgan fingerprint density at radius 3 is 1.92 bits per heavy atom. The lowest BCUT2D eigenvalue weighted by atomic mass is 9.86. The molecule has 0 saturated carbocycles. The van der Waals surface area contributed by atoms with Gasteiger partial charge in [0, 0.05) is 18.9 Å². The molecule has 0 fully saturated rings. The maximum Gasteiger partial charge on any atom is 0.408 e. The minimum absolute atomic E-state index is 0.218. The summed E-state index contributed by atoms with van der Waals surface area (Å²) in [6.45, 7) is 12.2. The summed E-state index contributed by atoms with van der Waals surface area (Å²) in [5.41, 5.74) is -2.00. The van der Waals surface area contributed by atoms with Gasteiger partial charge in [-0.2, -0.15) is 0 Å². The smallest absolute Gasteiger partial charge is 0.408 e. The summed E-state index contributed by atoms with van der Waals surface area (Å²) < 4.78 is 17.7. The molecule has 2 aromatic carbocycles. The van der Waals surface area contributed by atoms with Crippen LogP contribution in [0.3, 0.4) is 0 Å². The van der Waals surface area contributed by atoms with Gasteiger partial charge in [-0.3, -0.25) is 0 Å². The first-order valence-corrected chi connectivity index (χ1v) is 14.3. The predicted octanol–water partition coefficient (Wildman–Crippen LogP) is 4.58. The Morgan fingerprint density at radius 2 is 1.47 bits per heavy atom. The van der Waals surface area contributed by atoms with Crippen LogP contribution < -0.4 is 15.7 Å². The van der Waals surface area contributed by atoms with Crippen molar-refractivity contribution in [3.8, 4) is 0 Å². The lowest BCUT2D eigenvalue weighted by Crippen LogP contribution is -2.68. The molecule has 0 bridgehead atoms. The van der Waals surface area contributed by atoms with Gasteiger partial charge >= 0.3 is 12.1 Å². The highest BCUT2D eigenvalue weighted by Gasteiger charge is 2.54. The average molecular weight is 510 g/mol. The quantitative estimate of drug-likeness (QED) is 0.336. The van der Waals surface area contributed by atoms with E-state index in [9.17, 15) is 9.59 Å². The van der Waals surface area contributed by atoms with Crippen molar-refractivity contribution in [3.05, 3.63) is 72.8 Å². The number of carbonyl (C=O) groups is 2. The molecule has 1 aliphatic rings. The van der Waals surface area contributed by atoms with Gasteiger partial charge in [0.05, 0.1) is 7.11 Å². The minimum Gasteiger partial charge on any atom is -0.467 e. The van der Waals surface area contributed by atoms with Crippen molar-refractivity contribution in [3.63, 3.8) is 0 Å². The van der Waals surface area contributed by atoms with Gasteiger partial charge in [-0.25, -0.2) is 9.59 Å². The van der Waals surface area contributed by atoms with Crippen LogP contribution in [0, 0.1) is 5.92 Å². The fourth-order valence-corrected chi connectivity index (χ4v) is 9.59. The molecule has 2 aromatic rings. The molecule has 3 rings (SSSR count). The van der Waals surface area contributed by atoms with Crippen LogP contribution in [0.1, 0.15) is 48.0 Å². The normalized spacial score (nSPS) is 20.1. The zero-order valence-corrected chi connectivity index (χ0v) is 23.5. The molecule has 0 radical (unpaired) electrons. The van der Waals surface area contributed by atoms with Gasteiger partial charge < -0.3 is 19.2 Å². The first kappa shape index (κ1) is 27.7. The lowest BCUT2D eigenvalue weighted by Gasteiger charge is -2.44. The molecular weight excluding hydrogens is 470 g/mol. The number of hydrogen-bond acceptors (Lipinski definition) is 5. The fraction of sp³-hybridized carbons (Fsp3) is 0.448. The number of amides is 1. The molecule has 2 atom stereocenters. The van der Waals surface area contributed by atoms with E-state index in [0.29, 0.717) is 6.42 Å². The first-order chi connectivity index (χ1) is 16.9. The van der Waals surface area contributed by atoms with Crippen LogP contribution in [-0.4, -0.2) is 45.2 Å². The molecule has 7 heteroatoms. The second kappa shape index (κ2) is 10.6. The molecule has 0 spiro atoms. The topological polar surface area (TPSA) is 73.9 Å². The molecule has 1 N–H and O–H groups in total. The van der Waals surface area contributed by atoms with Crippen LogP contribution in [0.15, 0.2) is 72.8 Å². The first-order valence-electron chi connectivity index (χ1n) is 12.4. The average Bonchev–Trinajstić information content (AvgIpc) is 3.21. The van der Waals surface area contributed by atoms with E-state index >= 15 is 0 Å². The van der Waals surface area contributed by atoms with Crippen molar-refractivity contribution < 1.29 is 23.5 Å². The molecule has 0 aliphatic heterocycles. The summed E-state index contributed by atoms with van der Waals surface area (Å²) >= 11 is 0. The van der Waals surface area contributed by atoms with Gasteiger partial charge in [-0.15, -0.1) is 0 Å². The van der Waals surface area contributed by atoms with Gasteiger partial charge in [0.1, 0.15) is 5.60 Å². The molecule has 36 heavy (non-hydrogen) atoms. The van der Waals surface area contributed by atoms with Gasteiger partial charge in [-0.1, -0.05) is 93.6 Å². The second-order valence-electron chi connectivity index (χ2n) is 11.3. The number of hydrogen-bond donors (Lipinski definition) is 1. The number of carbonyl (C=O) groups excluding carboxylic acids is 2. The van der Waals surface area contributed by atoms with Crippen molar-refractivity contribution in [2.45, 2.75) is 64.1 Å². The number of alkyl carbamates (subject to hydrolysis) is 1. The summed E-state index contributed by atoms with van der Waals surface area (Å²) in [7, 11) is -1.50. The van der Waals surface area contributed by atoms with Crippen molar-refractivity contribution in [2.24, 2.45) is 5.92 Å². The Balaban J connectivity index is 2.03. The van der Waals surface area contributed by atoms with Crippen LogP contribution in [0.2, 0.25) is 5.04 Å². The Labute approximate surface area is 216 Å².